The lowest BCUT2D eigenvalue weighted by atomic mass is 9.89. The van der Waals surface area contributed by atoms with Crippen LogP contribution in [0.15, 0.2) is 54.7 Å². The Labute approximate surface area is 171 Å². The largest absolute Gasteiger partial charge is 0.445 e. The molecule has 2 heterocycles. The Morgan fingerprint density at radius 1 is 1.25 bits per heavy atom. The summed E-state index contributed by atoms with van der Waals surface area (Å²) in [6.45, 7) is 1.62. The summed E-state index contributed by atoms with van der Waals surface area (Å²) in [4.78, 5) is 30.4. The molecular formula is C21H17ClN2O3S. The first kappa shape index (κ1) is 18.7. The molecule has 1 aliphatic heterocycles. The van der Waals surface area contributed by atoms with Crippen LogP contribution in [0.4, 0.5) is 5.13 Å². The number of hydrogen-bond donors (Lipinski definition) is 1. The Morgan fingerprint density at radius 3 is 2.79 bits per heavy atom. The number of halogens is 1. The number of cyclic esters (lactones) is 1. The van der Waals surface area contributed by atoms with Crippen molar-refractivity contribution < 1.29 is 14.3 Å². The van der Waals surface area contributed by atoms with Gasteiger partial charge in [-0.3, -0.25) is 10.1 Å². The molecule has 1 aromatic heterocycles. The van der Waals surface area contributed by atoms with Gasteiger partial charge in [0, 0.05) is 28.9 Å². The Hall–Kier alpha value is -2.70. The normalized spacial score (nSPS) is 18.3. The smallest absolute Gasteiger partial charge is 0.339 e. The third-order valence-electron chi connectivity index (χ3n) is 4.63. The van der Waals surface area contributed by atoms with Crippen molar-refractivity contribution in [3.63, 3.8) is 0 Å². The van der Waals surface area contributed by atoms with Gasteiger partial charge in [-0.25, -0.2) is 9.78 Å². The highest BCUT2D eigenvalue weighted by Crippen LogP contribution is 2.30. The van der Waals surface area contributed by atoms with Crippen LogP contribution in [0.2, 0.25) is 5.02 Å². The maximum atomic E-state index is 12.8. The van der Waals surface area contributed by atoms with E-state index < -0.39 is 11.6 Å². The van der Waals surface area contributed by atoms with Crippen molar-refractivity contribution in [2.75, 3.05) is 5.32 Å². The van der Waals surface area contributed by atoms with Crippen LogP contribution in [0.5, 0.6) is 0 Å². The Bertz CT molecular complexity index is 1050. The van der Waals surface area contributed by atoms with Crippen molar-refractivity contribution in [2.24, 2.45) is 0 Å². The van der Waals surface area contributed by atoms with Gasteiger partial charge in [0.25, 0.3) is 5.91 Å². The molecule has 1 N–H and O–H groups in total. The van der Waals surface area contributed by atoms with Crippen LogP contribution in [0.25, 0.3) is 0 Å². The molecule has 2 aromatic carbocycles. The van der Waals surface area contributed by atoms with Crippen LogP contribution in [-0.4, -0.2) is 22.5 Å². The van der Waals surface area contributed by atoms with Gasteiger partial charge >= 0.3 is 5.97 Å². The van der Waals surface area contributed by atoms with Gasteiger partial charge in [0.05, 0.1) is 5.56 Å². The molecule has 7 heteroatoms. The summed E-state index contributed by atoms with van der Waals surface area (Å²) in [5.41, 5.74) is 1.15. The van der Waals surface area contributed by atoms with E-state index in [1.807, 2.05) is 36.4 Å². The summed E-state index contributed by atoms with van der Waals surface area (Å²) in [7, 11) is 0. The van der Waals surface area contributed by atoms with E-state index in [2.05, 4.69) is 10.3 Å². The van der Waals surface area contributed by atoms with Gasteiger partial charge in [-0.15, -0.1) is 11.3 Å². The second-order valence-corrected chi connectivity index (χ2v) is 8.40. The maximum Gasteiger partial charge on any atom is 0.339 e. The highest BCUT2D eigenvalue weighted by molar-refractivity contribution is 7.15. The molecule has 1 atom stereocenters. The van der Waals surface area contributed by atoms with Crippen LogP contribution in [-0.2, 0) is 22.4 Å². The lowest BCUT2D eigenvalue weighted by molar-refractivity contribution is -0.134. The van der Waals surface area contributed by atoms with Gasteiger partial charge in [0.15, 0.2) is 10.7 Å². The van der Waals surface area contributed by atoms with Crippen molar-refractivity contribution in [2.45, 2.75) is 25.4 Å². The van der Waals surface area contributed by atoms with E-state index in [9.17, 15) is 9.59 Å². The molecule has 0 fully saturated rings. The zero-order chi connectivity index (χ0) is 19.7. The lowest BCUT2D eigenvalue weighted by Gasteiger charge is -2.32. The molecular weight excluding hydrogens is 396 g/mol. The summed E-state index contributed by atoms with van der Waals surface area (Å²) in [6, 6.07) is 14.8. The van der Waals surface area contributed by atoms with E-state index in [-0.39, 0.29) is 5.91 Å². The fourth-order valence-corrected chi connectivity index (χ4v) is 4.11. The number of rotatable bonds is 4. The van der Waals surface area contributed by atoms with Crippen LogP contribution in [0, 0.1) is 0 Å². The molecule has 0 unspecified atom stereocenters. The zero-order valence-corrected chi connectivity index (χ0v) is 16.6. The first-order valence-electron chi connectivity index (χ1n) is 8.75. The molecule has 0 spiro atoms. The van der Waals surface area contributed by atoms with Crippen molar-refractivity contribution >= 4 is 39.9 Å². The van der Waals surface area contributed by atoms with Crippen molar-refractivity contribution in [3.05, 3.63) is 81.3 Å². The molecule has 0 bridgehead atoms. The minimum Gasteiger partial charge on any atom is -0.445 e. The lowest BCUT2D eigenvalue weighted by Crippen LogP contribution is -2.48. The van der Waals surface area contributed by atoms with Crippen LogP contribution >= 0.6 is 22.9 Å². The third kappa shape index (κ3) is 3.79. The second kappa shape index (κ2) is 7.37. The SMILES string of the molecule is C[C@]1(C(=O)Nc2ncc(Cc3ccc(Cl)cc3)s2)Cc2ccccc2C(=O)O1. The molecule has 3 aromatic rings. The van der Waals surface area contributed by atoms with E-state index >= 15 is 0 Å². The standard InChI is InChI=1S/C21H17ClN2O3S/c1-21(11-14-4-2-3-5-17(14)18(25)27-21)19(26)24-20-23-12-16(28-20)10-13-6-8-15(22)9-7-13/h2-9,12H,10-11H2,1H3,(H,23,24,26)/t21-/m1/s1. The fraction of sp³-hybridized carbons (Fsp3) is 0.190. The van der Waals surface area contributed by atoms with Crippen LogP contribution in [0.3, 0.4) is 0 Å². The summed E-state index contributed by atoms with van der Waals surface area (Å²) < 4.78 is 5.46. The van der Waals surface area contributed by atoms with E-state index in [0.717, 1.165) is 16.0 Å². The number of nitrogens with zero attached hydrogens (tertiary/aromatic N) is 1. The van der Waals surface area contributed by atoms with Gasteiger partial charge in [-0.1, -0.05) is 41.9 Å². The second-order valence-electron chi connectivity index (χ2n) is 6.84. The molecule has 5 nitrogen and oxygen atoms in total. The van der Waals surface area contributed by atoms with Gasteiger partial charge in [0.1, 0.15) is 0 Å². The molecule has 4 rings (SSSR count). The number of esters is 1. The fourth-order valence-electron chi connectivity index (χ4n) is 3.14. The number of hydrogen-bond acceptors (Lipinski definition) is 5. The highest BCUT2D eigenvalue weighted by atomic mass is 35.5. The van der Waals surface area contributed by atoms with Crippen LogP contribution in [0.1, 0.15) is 33.3 Å². The monoisotopic (exact) mass is 412 g/mol. The topological polar surface area (TPSA) is 68.3 Å². The Kier molecular flexibility index (Phi) is 4.91. The predicted octanol–water partition coefficient (Wildman–Crippen LogP) is 4.50. The van der Waals surface area contributed by atoms with Crippen molar-refractivity contribution in [3.8, 4) is 0 Å². The molecule has 1 aliphatic rings. The number of thiazole rings is 1. The van der Waals surface area contributed by atoms with Gasteiger partial charge in [-0.05, 0) is 36.2 Å². The van der Waals surface area contributed by atoms with E-state index in [1.54, 1.807) is 25.3 Å². The Balaban J connectivity index is 1.46. The van der Waals surface area contributed by atoms with Crippen molar-refractivity contribution in [1.29, 1.82) is 0 Å². The number of anilines is 1. The minimum atomic E-state index is -1.27. The maximum absolute atomic E-state index is 12.8. The average molecular weight is 413 g/mol. The summed E-state index contributed by atoms with van der Waals surface area (Å²) in [5, 5.41) is 3.96. The first-order chi connectivity index (χ1) is 13.4. The zero-order valence-electron chi connectivity index (χ0n) is 15.1. The van der Waals surface area contributed by atoms with Gasteiger partial charge in [0.2, 0.25) is 0 Å². The first-order valence-corrected chi connectivity index (χ1v) is 9.94. The molecule has 0 aliphatic carbocycles. The van der Waals surface area contributed by atoms with E-state index in [4.69, 9.17) is 16.3 Å². The number of carbonyl (C=O) groups is 2. The number of ether oxygens (including phenoxy) is 1. The number of nitrogens with one attached hydrogen (secondary N) is 1. The third-order valence-corrected chi connectivity index (χ3v) is 5.79. The highest BCUT2D eigenvalue weighted by Gasteiger charge is 2.42. The Morgan fingerprint density at radius 2 is 2.00 bits per heavy atom. The minimum absolute atomic E-state index is 0.323. The quantitative estimate of drug-likeness (QED) is 0.641. The van der Waals surface area contributed by atoms with E-state index in [0.29, 0.717) is 28.6 Å². The summed E-state index contributed by atoms with van der Waals surface area (Å²) >= 11 is 7.30. The number of benzene rings is 2. The van der Waals surface area contributed by atoms with E-state index in [1.165, 1.54) is 11.3 Å². The number of fused-ring (bicyclic) bond motifs is 1. The van der Waals surface area contributed by atoms with Gasteiger partial charge in [-0.2, -0.15) is 0 Å². The molecule has 0 radical (unpaired) electrons. The number of amides is 1. The molecule has 1 amide bonds. The molecule has 28 heavy (non-hydrogen) atoms. The predicted molar refractivity (Wildman–Crippen MR) is 109 cm³/mol. The molecule has 142 valence electrons. The van der Waals surface area contributed by atoms with Crippen molar-refractivity contribution in [1.82, 2.24) is 4.98 Å². The van der Waals surface area contributed by atoms with Gasteiger partial charge < -0.3 is 4.74 Å². The number of aromatic nitrogens is 1. The number of carbonyl (C=O) groups excluding carboxylic acids is 2. The average Bonchev–Trinajstić information content (AvgIpc) is 3.10. The molecule has 0 saturated carbocycles. The summed E-state index contributed by atoms with van der Waals surface area (Å²) in [5.74, 6) is -0.871. The summed E-state index contributed by atoms with van der Waals surface area (Å²) in [6.07, 6.45) is 2.76. The van der Waals surface area contributed by atoms with Crippen LogP contribution < -0.4 is 5.32 Å². The molecule has 0 saturated heterocycles.